The number of nitrogens with one attached hydrogen (secondary N) is 1. The number of furan rings is 1. The number of nitrogens with zero attached hydrogens (tertiary/aromatic N) is 5. The highest BCUT2D eigenvalue weighted by atomic mass is 19.1. The zero-order valence-electron chi connectivity index (χ0n) is 23.2. The van der Waals surface area contributed by atoms with Gasteiger partial charge < -0.3 is 24.1 Å². The van der Waals surface area contributed by atoms with E-state index in [1.54, 1.807) is 31.2 Å². The summed E-state index contributed by atoms with van der Waals surface area (Å²) >= 11 is 0. The highest BCUT2D eigenvalue weighted by molar-refractivity contribution is 5.89. The number of halogens is 1. The third-order valence-electron chi connectivity index (χ3n) is 7.50. The van der Waals surface area contributed by atoms with E-state index < -0.39 is 17.8 Å². The summed E-state index contributed by atoms with van der Waals surface area (Å²) in [5.41, 5.74) is 1.21. The van der Waals surface area contributed by atoms with Crippen molar-refractivity contribution in [2.75, 3.05) is 6.79 Å². The van der Waals surface area contributed by atoms with Gasteiger partial charge in [-0.25, -0.2) is 4.39 Å². The number of benzene rings is 2. The van der Waals surface area contributed by atoms with Crippen molar-refractivity contribution in [3.8, 4) is 23.1 Å². The molecule has 11 nitrogen and oxygen atoms in total. The minimum Gasteiger partial charge on any atom is -0.458 e. The van der Waals surface area contributed by atoms with E-state index in [1.807, 2.05) is 6.07 Å². The molecular weight excluding hydrogens is 543 g/mol. The molecule has 0 unspecified atom stereocenters. The fourth-order valence-corrected chi connectivity index (χ4v) is 5.38. The summed E-state index contributed by atoms with van der Waals surface area (Å²) in [4.78, 5) is 30.6. The quantitative estimate of drug-likeness (QED) is 0.313. The fraction of sp³-hybridized carbons (Fsp3) is 0.367. The SMILES string of the molecule is Cc1ccc(-c2nnn(CC(=O)N(Cc3ccc4c(c3)OCO4)[C@@H](C(=O)NC3CCCCC3)c3ccc(F)cc3)n2)o1. The summed E-state index contributed by atoms with van der Waals surface area (Å²) in [7, 11) is 0. The van der Waals surface area contributed by atoms with Gasteiger partial charge in [0.15, 0.2) is 17.3 Å². The number of fused-ring (bicyclic) bond motifs is 1. The number of carbonyl (C=O) groups excluding carboxylic acids is 2. The maximum absolute atomic E-state index is 14.0. The third-order valence-corrected chi connectivity index (χ3v) is 7.50. The number of hydrogen-bond acceptors (Lipinski definition) is 8. The molecule has 0 spiro atoms. The zero-order valence-corrected chi connectivity index (χ0v) is 23.2. The van der Waals surface area contributed by atoms with E-state index in [0.717, 1.165) is 37.7 Å². The third kappa shape index (κ3) is 6.12. The average Bonchev–Trinajstić information content (AvgIpc) is 3.75. The highest BCUT2D eigenvalue weighted by Gasteiger charge is 2.34. The lowest BCUT2D eigenvalue weighted by Gasteiger charge is -2.33. The van der Waals surface area contributed by atoms with Gasteiger partial charge in [-0.15, -0.1) is 10.2 Å². The second-order valence-corrected chi connectivity index (χ2v) is 10.6. The molecule has 218 valence electrons. The number of aryl methyl sites for hydroxylation is 1. The molecule has 1 aliphatic heterocycles. The first-order valence-electron chi connectivity index (χ1n) is 14.0. The summed E-state index contributed by atoms with van der Waals surface area (Å²) in [6, 6.07) is 13.5. The Morgan fingerprint density at radius 1 is 1.05 bits per heavy atom. The number of aromatic nitrogens is 4. The van der Waals surface area contributed by atoms with Crippen LogP contribution in [-0.2, 0) is 22.7 Å². The lowest BCUT2D eigenvalue weighted by Crippen LogP contribution is -2.47. The zero-order chi connectivity index (χ0) is 29.1. The molecule has 1 aliphatic carbocycles. The molecule has 42 heavy (non-hydrogen) atoms. The Labute approximate surface area is 241 Å². The Morgan fingerprint density at radius 3 is 2.60 bits per heavy atom. The van der Waals surface area contributed by atoms with Gasteiger partial charge in [0.25, 0.3) is 0 Å². The molecule has 2 aromatic carbocycles. The molecule has 1 atom stereocenters. The summed E-state index contributed by atoms with van der Waals surface area (Å²) in [6.45, 7) is 1.69. The maximum Gasteiger partial charge on any atom is 0.247 e. The largest absolute Gasteiger partial charge is 0.458 e. The summed E-state index contributed by atoms with van der Waals surface area (Å²) in [6.07, 6.45) is 4.93. The fourth-order valence-electron chi connectivity index (χ4n) is 5.38. The number of hydrogen-bond donors (Lipinski definition) is 1. The second kappa shape index (κ2) is 12.0. The van der Waals surface area contributed by atoms with Crippen molar-refractivity contribution in [2.45, 2.75) is 64.2 Å². The summed E-state index contributed by atoms with van der Waals surface area (Å²) < 4.78 is 30.5. The Kier molecular flexibility index (Phi) is 7.85. The maximum atomic E-state index is 14.0. The number of rotatable bonds is 9. The van der Waals surface area contributed by atoms with Crippen LogP contribution in [0.1, 0.15) is 55.0 Å². The van der Waals surface area contributed by atoms with Crippen molar-refractivity contribution in [3.63, 3.8) is 0 Å². The van der Waals surface area contributed by atoms with Gasteiger partial charge in [-0.3, -0.25) is 9.59 Å². The first kappa shape index (κ1) is 27.4. The predicted octanol–water partition coefficient (Wildman–Crippen LogP) is 4.33. The molecule has 1 N–H and O–H groups in total. The van der Waals surface area contributed by atoms with E-state index in [0.29, 0.717) is 28.6 Å². The topological polar surface area (TPSA) is 125 Å². The Hall–Kier alpha value is -4.74. The van der Waals surface area contributed by atoms with Gasteiger partial charge in [-0.05, 0) is 72.5 Å². The van der Waals surface area contributed by atoms with E-state index >= 15 is 0 Å². The standard InChI is InChI=1S/C30H31FN6O5/c1-19-7-13-25(42-19)29-33-35-37(34-29)17-27(38)36(16-20-8-14-24-26(15-20)41-18-40-24)28(21-9-11-22(31)12-10-21)30(39)32-23-5-3-2-4-6-23/h7-15,23,28H,2-6,16-18H2,1H3,(H,32,39)/t28-/m1/s1. The molecule has 12 heteroatoms. The molecule has 6 rings (SSSR count). The van der Waals surface area contributed by atoms with E-state index in [1.165, 1.54) is 34.0 Å². The molecule has 1 fully saturated rings. The molecular formula is C30H31FN6O5. The normalized spacial score (nSPS) is 15.4. The van der Waals surface area contributed by atoms with Crippen LogP contribution >= 0.6 is 0 Å². The van der Waals surface area contributed by atoms with Crippen LogP contribution in [0.15, 0.2) is 59.0 Å². The molecule has 3 heterocycles. The number of carbonyl (C=O) groups is 2. The van der Waals surface area contributed by atoms with Gasteiger partial charge in [0.2, 0.25) is 24.4 Å². The monoisotopic (exact) mass is 574 g/mol. The molecule has 2 aromatic heterocycles. The molecule has 4 aromatic rings. The highest BCUT2D eigenvalue weighted by Crippen LogP contribution is 2.34. The van der Waals surface area contributed by atoms with Crippen LogP contribution < -0.4 is 14.8 Å². The van der Waals surface area contributed by atoms with Crippen LogP contribution in [0, 0.1) is 12.7 Å². The van der Waals surface area contributed by atoms with Crippen molar-refractivity contribution in [1.29, 1.82) is 0 Å². The van der Waals surface area contributed by atoms with Gasteiger partial charge in [0.1, 0.15) is 24.2 Å². The number of tetrazole rings is 1. The van der Waals surface area contributed by atoms with Crippen molar-refractivity contribution in [3.05, 3.63) is 77.3 Å². The van der Waals surface area contributed by atoms with E-state index in [2.05, 4.69) is 20.7 Å². The van der Waals surface area contributed by atoms with Gasteiger partial charge in [0, 0.05) is 12.6 Å². The predicted molar refractivity (Wildman–Crippen MR) is 148 cm³/mol. The average molecular weight is 575 g/mol. The molecule has 0 bridgehead atoms. The minimum atomic E-state index is -1.04. The molecule has 0 saturated heterocycles. The lowest BCUT2D eigenvalue weighted by atomic mass is 9.94. The van der Waals surface area contributed by atoms with E-state index in [9.17, 15) is 14.0 Å². The van der Waals surface area contributed by atoms with Gasteiger partial charge >= 0.3 is 0 Å². The molecule has 1 saturated carbocycles. The van der Waals surface area contributed by atoms with Crippen LogP contribution in [0.5, 0.6) is 11.5 Å². The van der Waals surface area contributed by atoms with Crippen molar-refractivity contribution in [1.82, 2.24) is 30.4 Å². The van der Waals surface area contributed by atoms with E-state index in [4.69, 9.17) is 13.9 Å². The minimum absolute atomic E-state index is 0.00739. The van der Waals surface area contributed by atoms with Crippen LogP contribution in [0.2, 0.25) is 0 Å². The van der Waals surface area contributed by atoms with E-state index in [-0.39, 0.29) is 37.7 Å². The Balaban J connectivity index is 1.33. The molecule has 0 radical (unpaired) electrons. The molecule has 2 amide bonds. The Bertz CT molecular complexity index is 1560. The van der Waals surface area contributed by atoms with Gasteiger partial charge in [-0.2, -0.15) is 4.80 Å². The van der Waals surface area contributed by atoms with Crippen LogP contribution in [0.25, 0.3) is 11.6 Å². The number of ether oxygens (including phenoxy) is 2. The van der Waals surface area contributed by atoms with Crippen LogP contribution in [0.3, 0.4) is 0 Å². The first-order valence-corrected chi connectivity index (χ1v) is 14.0. The summed E-state index contributed by atoms with van der Waals surface area (Å²) in [5.74, 6) is 1.32. The van der Waals surface area contributed by atoms with Crippen molar-refractivity contribution < 1.29 is 27.9 Å². The van der Waals surface area contributed by atoms with Crippen molar-refractivity contribution in [2.24, 2.45) is 0 Å². The van der Waals surface area contributed by atoms with Crippen LogP contribution in [-0.4, -0.2) is 49.8 Å². The van der Waals surface area contributed by atoms with Gasteiger partial charge in [-0.1, -0.05) is 37.5 Å². The number of amides is 2. The van der Waals surface area contributed by atoms with Gasteiger partial charge in [0.05, 0.1) is 0 Å². The second-order valence-electron chi connectivity index (χ2n) is 10.6. The first-order chi connectivity index (χ1) is 20.4. The molecule has 2 aliphatic rings. The van der Waals surface area contributed by atoms with Crippen molar-refractivity contribution >= 4 is 11.8 Å². The Morgan fingerprint density at radius 2 is 1.83 bits per heavy atom. The lowest BCUT2D eigenvalue weighted by molar-refractivity contribution is -0.142. The smallest absolute Gasteiger partial charge is 0.247 e. The van der Waals surface area contributed by atoms with Crippen LogP contribution in [0.4, 0.5) is 4.39 Å². The summed E-state index contributed by atoms with van der Waals surface area (Å²) in [5, 5.41) is 15.5.